The van der Waals surface area contributed by atoms with Gasteiger partial charge in [-0.2, -0.15) is 0 Å². The van der Waals surface area contributed by atoms with E-state index in [4.69, 9.17) is 15.0 Å². The number of nitrogens with zero attached hydrogens (tertiary/aromatic N) is 1. The second-order valence-corrected chi connectivity index (χ2v) is 7.35. The van der Waals surface area contributed by atoms with Gasteiger partial charge in [0.15, 0.2) is 0 Å². The van der Waals surface area contributed by atoms with Gasteiger partial charge in [-0.05, 0) is 46.6 Å². The third kappa shape index (κ3) is 2.04. The Hall–Kier alpha value is -1.07. The van der Waals surface area contributed by atoms with Gasteiger partial charge in [0.1, 0.15) is 0 Å². The van der Waals surface area contributed by atoms with Crippen LogP contribution in [0.25, 0.3) is 0 Å². The topological polar surface area (TPSA) is 57.4 Å². The van der Waals surface area contributed by atoms with Crippen molar-refractivity contribution >= 4 is 18.3 Å². The molecule has 0 aromatic carbocycles. The Morgan fingerprint density at radius 1 is 1.10 bits per heavy atom. The van der Waals surface area contributed by atoms with Crippen molar-refractivity contribution in [2.24, 2.45) is 0 Å². The van der Waals surface area contributed by atoms with E-state index in [0.29, 0.717) is 5.69 Å². The van der Waals surface area contributed by atoms with Crippen LogP contribution in [0.5, 0.6) is 0 Å². The van der Waals surface area contributed by atoms with Crippen LogP contribution < -0.4 is 11.2 Å². The van der Waals surface area contributed by atoms with E-state index in [1.807, 2.05) is 40.0 Å². The second kappa shape index (κ2) is 3.98. The highest BCUT2D eigenvalue weighted by Crippen LogP contribution is 2.46. The molecule has 2 heterocycles. The Kier molecular flexibility index (Phi) is 2.77. The zero-order chi connectivity index (χ0) is 14.8. The molecule has 0 radical (unpaired) electrons. The number of hydrogen-bond donors (Lipinski definition) is 1. The molecule has 2 aliphatic rings. The summed E-state index contributed by atoms with van der Waals surface area (Å²) in [4.78, 5) is 4.57. The molecule has 2 fully saturated rings. The van der Waals surface area contributed by atoms with Crippen molar-refractivity contribution in [1.82, 2.24) is 4.98 Å². The lowest BCUT2D eigenvalue weighted by atomic mass is 9.78. The van der Waals surface area contributed by atoms with Crippen LogP contribution in [0.1, 0.15) is 53.2 Å². The molecule has 5 heteroatoms. The van der Waals surface area contributed by atoms with Crippen LogP contribution in [0.15, 0.2) is 12.3 Å². The van der Waals surface area contributed by atoms with Gasteiger partial charge in [0, 0.05) is 28.5 Å². The number of anilines is 1. The molecule has 4 nitrogen and oxygen atoms in total. The first-order valence-electron chi connectivity index (χ1n) is 7.26. The highest BCUT2D eigenvalue weighted by atomic mass is 16.7. The fourth-order valence-corrected chi connectivity index (χ4v) is 2.42. The fraction of sp³-hybridized carbons (Fsp3) is 0.667. The van der Waals surface area contributed by atoms with E-state index in [1.165, 1.54) is 12.8 Å². The Morgan fingerprint density at radius 2 is 1.65 bits per heavy atom. The summed E-state index contributed by atoms with van der Waals surface area (Å²) in [6.45, 7) is 10.4. The molecule has 0 bridgehead atoms. The van der Waals surface area contributed by atoms with Crippen LogP contribution in [0, 0.1) is 0 Å². The summed E-state index contributed by atoms with van der Waals surface area (Å²) in [7, 11) is -0.437. The Labute approximate surface area is 121 Å². The van der Waals surface area contributed by atoms with Crippen molar-refractivity contribution in [3.05, 3.63) is 18.0 Å². The van der Waals surface area contributed by atoms with Crippen LogP contribution in [0.3, 0.4) is 0 Å². The average molecular weight is 274 g/mol. The summed E-state index contributed by atoms with van der Waals surface area (Å²) in [5.74, 6) is 0. The molecule has 0 spiro atoms. The maximum Gasteiger partial charge on any atom is 0.498 e. The van der Waals surface area contributed by atoms with Gasteiger partial charge < -0.3 is 15.0 Å². The molecule has 1 saturated carbocycles. The first kappa shape index (κ1) is 13.9. The molecule has 1 aliphatic carbocycles. The summed E-state index contributed by atoms with van der Waals surface area (Å²) >= 11 is 0. The minimum absolute atomic E-state index is 0.225. The largest absolute Gasteiger partial charge is 0.498 e. The number of pyridine rings is 1. The minimum atomic E-state index is -0.437. The molecular weight excluding hydrogens is 251 g/mol. The summed E-state index contributed by atoms with van der Waals surface area (Å²) < 4.78 is 12.1. The van der Waals surface area contributed by atoms with E-state index >= 15 is 0 Å². The molecule has 0 amide bonds. The lowest BCUT2D eigenvalue weighted by Gasteiger charge is -2.32. The minimum Gasteiger partial charge on any atom is -0.399 e. The molecule has 108 valence electrons. The van der Waals surface area contributed by atoms with Crippen molar-refractivity contribution in [2.75, 3.05) is 5.73 Å². The summed E-state index contributed by atoms with van der Waals surface area (Å²) in [5.41, 5.74) is 8.33. The third-order valence-corrected chi connectivity index (χ3v) is 5.09. The van der Waals surface area contributed by atoms with Crippen LogP contribution in [-0.2, 0) is 14.7 Å². The Morgan fingerprint density at radius 3 is 2.10 bits per heavy atom. The molecular formula is C15H23BN2O2. The van der Waals surface area contributed by atoms with Crippen molar-refractivity contribution < 1.29 is 9.31 Å². The smallest absolute Gasteiger partial charge is 0.399 e. The average Bonchev–Trinajstić information content (AvgIpc) is 3.01. The summed E-state index contributed by atoms with van der Waals surface area (Å²) in [6.07, 6.45) is 4.20. The number of aromatic nitrogens is 1. The van der Waals surface area contributed by atoms with Crippen LogP contribution >= 0.6 is 0 Å². The van der Waals surface area contributed by atoms with Gasteiger partial charge in [0.05, 0.1) is 11.2 Å². The van der Waals surface area contributed by atoms with E-state index in [-0.39, 0.29) is 16.6 Å². The first-order chi connectivity index (χ1) is 9.15. The molecule has 1 aromatic heterocycles. The lowest BCUT2D eigenvalue weighted by Crippen LogP contribution is -2.41. The molecule has 0 atom stereocenters. The maximum absolute atomic E-state index is 6.20. The van der Waals surface area contributed by atoms with Crippen LogP contribution in [0.4, 0.5) is 5.69 Å². The molecule has 1 saturated heterocycles. The third-order valence-electron chi connectivity index (χ3n) is 5.09. The Balaban J connectivity index is 1.89. The predicted molar refractivity (Wildman–Crippen MR) is 81.0 cm³/mol. The van der Waals surface area contributed by atoms with Gasteiger partial charge in [-0.25, -0.2) is 0 Å². The molecule has 2 N–H and O–H groups in total. The number of hydrogen-bond acceptors (Lipinski definition) is 4. The van der Waals surface area contributed by atoms with Crippen molar-refractivity contribution in [2.45, 2.75) is 64.1 Å². The zero-order valence-corrected chi connectivity index (χ0v) is 13.0. The van der Waals surface area contributed by atoms with Gasteiger partial charge in [-0.1, -0.05) is 6.92 Å². The van der Waals surface area contributed by atoms with Crippen molar-refractivity contribution in [3.63, 3.8) is 0 Å². The molecule has 1 aromatic rings. The van der Waals surface area contributed by atoms with Crippen LogP contribution in [-0.4, -0.2) is 23.3 Å². The van der Waals surface area contributed by atoms with E-state index < -0.39 is 7.12 Å². The van der Waals surface area contributed by atoms with E-state index in [1.54, 1.807) is 0 Å². The predicted octanol–water partition coefficient (Wildman–Crippen LogP) is 2.01. The van der Waals surface area contributed by atoms with E-state index in [9.17, 15) is 0 Å². The SMILES string of the molecule is CC1(c2cc(N)c(B3OC(C)(C)C(C)(C)O3)cn2)CC1. The van der Waals surface area contributed by atoms with E-state index in [0.717, 1.165) is 11.2 Å². The highest BCUT2D eigenvalue weighted by molar-refractivity contribution is 6.63. The highest BCUT2D eigenvalue weighted by Gasteiger charge is 2.52. The molecule has 0 unspecified atom stereocenters. The Bertz CT molecular complexity index is 537. The quantitative estimate of drug-likeness (QED) is 0.838. The van der Waals surface area contributed by atoms with Gasteiger partial charge in [-0.3, -0.25) is 4.98 Å². The monoisotopic (exact) mass is 274 g/mol. The summed E-state index contributed by atoms with van der Waals surface area (Å²) in [5, 5.41) is 0. The number of nitrogen functional groups attached to an aromatic ring is 1. The first-order valence-corrected chi connectivity index (χ1v) is 7.26. The van der Waals surface area contributed by atoms with Gasteiger partial charge >= 0.3 is 7.12 Å². The zero-order valence-electron chi connectivity index (χ0n) is 13.0. The number of nitrogens with two attached hydrogens (primary N) is 1. The second-order valence-electron chi connectivity index (χ2n) is 7.35. The van der Waals surface area contributed by atoms with Crippen LogP contribution in [0.2, 0.25) is 0 Å². The van der Waals surface area contributed by atoms with Gasteiger partial charge in [0.25, 0.3) is 0 Å². The fourth-order valence-electron chi connectivity index (χ4n) is 2.42. The molecule has 3 rings (SSSR count). The van der Waals surface area contributed by atoms with Gasteiger partial charge in [-0.15, -0.1) is 0 Å². The van der Waals surface area contributed by atoms with E-state index in [2.05, 4.69) is 11.9 Å². The normalized spacial score (nSPS) is 25.8. The lowest BCUT2D eigenvalue weighted by molar-refractivity contribution is 0.00578. The number of rotatable bonds is 2. The molecule has 1 aliphatic heterocycles. The van der Waals surface area contributed by atoms with Crippen molar-refractivity contribution in [3.8, 4) is 0 Å². The summed E-state index contributed by atoms with van der Waals surface area (Å²) in [6, 6.07) is 1.98. The van der Waals surface area contributed by atoms with Gasteiger partial charge in [0.2, 0.25) is 0 Å². The molecule has 20 heavy (non-hydrogen) atoms. The standard InChI is InChI=1S/C15H23BN2O2/c1-13(2)14(3,4)20-16(19-13)10-9-18-12(8-11(10)17)15(5)6-7-15/h8-9H,6-7H2,1-5H3,(H2,17,18). The van der Waals surface area contributed by atoms with Crippen molar-refractivity contribution in [1.29, 1.82) is 0 Å². The maximum atomic E-state index is 6.20.